The summed E-state index contributed by atoms with van der Waals surface area (Å²) in [6, 6.07) is 4.35. The van der Waals surface area contributed by atoms with E-state index in [1.807, 2.05) is 0 Å². The quantitative estimate of drug-likeness (QED) is 0.575. The van der Waals surface area contributed by atoms with Crippen LogP contribution in [-0.4, -0.2) is 33.9 Å². The number of halogens is 1. The van der Waals surface area contributed by atoms with Crippen molar-refractivity contribution < 1.29 is 12.8 Å². The number of sulfone groups is 1. The second-order valence-corrected chi connectivity index (χ2v) is 7.17. The fourth-order valence-electron chi connectivity index (χ4n) is 2.19. The number of fused-ring (bicyclic) bond motifs is 1. The first-order chi connectivity index (χ1) is 10.8. The van der Waals surface area contributed by atoms with Crippen LogP contribution < -0.4 is 5.73 Å². The topological polar surface area (TPSA) is 104 Å². The van der Waals surface area contributed by atoms with Gasteiger partial charge in [0.05, 0.1) is 16.8 Å². The number of nitrogens with zero attached hydrogens (tertiary/aromatic N) is 4. The first-order valence-corrected chi connectivity index (χ1v) is 8.46. The van der Waals surface area contributed by atoms with E-state index in [1.165, 1.54) is 29.9 Å². The highest BCUT2D eigenvalue weighted by Gasteiger charge is 2.20. The highest BCUT2D eigenvalue weighted by atomic mass is 32.2. The van der Waals surface area contributed by atoms with E-state index in [2.05, 4.69) is 15.1 Å². The van der Waals surface area contributed by atoms with Gasteiger partial charge in [0.2, 0.25) is 15.0 Å². The van der Waals surface area contributed by atoms with Crippen LogP contribution in [0.3, 0.4) is 0 Å². The molecule has 3 aromatic rings. The molecule has 7 nitrogen and oxygen atoms in total. The molecule has 0 spiro atoms. The molecule has 0 aliphatic carbocycles. The molecule has 2 N–H and O–H groups in total. The number of aryl methyl sites for hydroxylation is 1. The number of anilines is 1. The molecule has 0 bridgehead atoms. The lowest BCUT2D eigenvalue weighted by atomic mass is 10.1. The van der Waals surface area contributed by atoms with Gasteiger partial charge in [-0.15, -0.1) is 0 Å². The second-order valence-electron chi connectivity index (χ2n) is 5.00. The third kappa shape index (κ3) is 2.52. The molecule has 0 radical (unpaired) electrons. The molecule has 3 rings (SSSR count). The van der Waals surface area contributed by atoms with E-state index in [4.69, 9.17) is 5.73 Å². The standard InChI is InChI=1S/C14H14FN5O2S/c1-3-23(21,22)14-17-7-9-12(19-20(2)13(9)18-14)8-4-5-11(16)10(15)6-8/h4-7H,3,16H2,1-2H3. The summed E-state index contributed by atoms with van der Waals surface area (Å²) in [6.07, 6.45) is 1.39. The zero-order valence-electron chi connectivity index (χ0n) is 12.5. The molecule has 0 saturated heterocycles. The van der Waals surface area contributed by atoms with Crippen LogP contribution in [0.5, 0.6) is 0 Å². The van der Waals surface area contributed by atoms with Gasteiger partial charge < -0.3 is 5.73 Å². The molecule has 9 heteroatoms. The van der Waals surface area contributed by atoms with Crippen molar-refractivity contribution >= 4 is 26.6 Å². The van der Waals surface area contributed by atoms with Crippen LogP contribution in [0, 0.1) is 5.82 Å². The minimum absolute atomic E-state index is 0.0431. The van der Waals surface area contributed by atoms with E-state index < -0.39 is 15.7 Å². The van der Waals surface area contributed by atoms with E-state index in [9.17, 15) is 12.8 Å². The molecule has 0 fully saturated rings. The minimum Gasteiger partial charge on any atom is -0.396 e. The van der Waals surface area contributed by atoms with Crippen LogP contribution in [0.2, 0.25) is 0 Å². The Hall–Kier alpha value is -2.55. The summed E-state index contributed by atoms with van der Waals surface area (Å²) in [4.78, 5) is 8.00. The number of aromatic nitrogens is 4. The Morgan fingerprint density at radius 2 is 2.09 bits per heavy atom. The summed E-state index contributed by atoms with van der Waals surface area (Å²) in [5, 5.41) is 4.58. The van der Waals surface area contributed by atoms with Gasteiger partial charge in [0.1, 0.15) is 11.5 Å². The summed E-state index contributed by atoms with van der Waals surface area (Å²) in [7, 11) is -1.88. The molecular weight excluding hydrogens is 321 g/mol. The number of nitrogen functional groups attached to an aromatic ring is 1. The van der Waals surface area contributed by atoms with Crippen LogP contribution in [0.1, 0.15) is 6.92 Å². The summed E-state index contributed by atoms with van der Waals surface area (Å²) in [6.45, 7) is 1.52. The van der Waals surface area contributed by atoms with Crippen LogP contribution in [0.15, 0.2) is 29.6 Å². The Kier molecular flexibility index (Phi) is 3.52. The Morgan fingerprint density at radius 3 is 2.74 bits per heavy atom. The summed E-state index contributed by atoms with van der Waals surface area (Å²) in [5.74, 6) is -0.640. The first kappa shape index (κ1) is 15.3. The van der Waals surface area contributed by atoms with Crippen molar-refractivity contribution in [1.82, 2.24) is 19.7 Å². The van der Waals surface area contributed by atoms with Gasteiger partial charge in [0.25, 0.3) is 0 Å². The monoisotopic (exact) mass is 335 g/mol. The van der Waals surface area contributed by atoms with Crippen molar-refractivity contribution in [3.63, 3.8) is 0 Å². The summed E-state index contributed by atoms with van der Waals surface area (Å²) in [5.41, 5.74) is 6.85. The number of hydrogen-bond acceptors (Lipinski definition) is 6. The maximum Gasteiger partial charge on any atom is 0.249 e. The van der Waals surface area contributed by atoms with Crippen molar-refractivity contribution in [2.45, 2.75) is 12.1 Å². The van der Waals surface area contributed by atoms with Gasteiger partial charge in [0.15, 0.2) is 5.65 Å². The maximum absolute atomic E-state index is 13.7. The van der Waals surface area contributed by atoms with Crippen molar-refractivity contribution in [2.24, 2.45) is 7.05 Å². The van der Waals surface area contributed by atoms with E-state index in [0.29, 0.717) is 22.3 Å². The average molecular weight is 335 g/mol. The van der Waals surface area contributed by atoms with Crippen LogP contribution in [0.4, 0.5) is 10.1 Å². The summed E-state index contributed by atoms with van der Waals surface area (Å²) >= 11 is 0. The second kappa shape index (κ2) is 5.27. The number of benzene rings is 1. The Labute approximate surface area is 131 Å². The van der Waals surface area contributed by atoms with Crippen LogP contribution in [0.25, 0.3) is 22.3 Å². The fourth-order valence-corrected chi connectivity index (χ4v) is 2.89. The largest absolute Gasteiger partial charge is 0.396 e. The molecule has 0 aliphatic heterocycles. The summed E-state index contributed by atoms with van der Waals surface area (Å²) < 4.78 is 38.9. The predicted molar refractivity (Wildman–Crippen MR) is 83.8 cm³/mol. The first-order valence-electron chi connectivity index (χ1n) is 6.81. The Morgan fingerprint density at radius 1 is 1.35 bits per heavy atom. The highest BCUT2D eigenvalue weighted by molar-refractivity contribution is 7.91. The average Bonchev–Trinajstić information content (AvgIpc) is 2.87. The molecule has 1 aromatic carbocycles. The zero-order chi connectivity index (χ0) is 16.8. The van der Waals surface area contributed by atoms with Gasteiger partial charge in [-0.3, -0.25) is 0 Å². The van der Waals surface area contributed by atoms with E-state index in [-0.39, 0.29) is 16.6 Å². The molecule has 23 heavy (non-hydrogen) atoms. The third-order valence-corrected chi connectivity index (χ3v) is 5.00. The van der Waals surface area contributed by atoms with Crippen molar-refractivity contribution in [2.75, 3.05) is 11.5 Å². The molecule has 2 aromatic heterocycles. The van der Waals surface area contributed by atoms with Crippen LogP contribution in [-0.2, 0) is 16.9 Å². The highest BCUT2D eigenvalue weighted by Crippen LogP contribution is 2.28. The molecule has 2 heterocycles. The SMILES string of the molecule is CCS(=O)(=O)c1ncc2c(-c3ccc(N)c(F)c3)nn(C)c2n1. The number of hydrogen-bond donors (Lipinski definition) is 1. The lowest BCUT2D eigenvalue weighted by Gasteiger charge is -2.01. The van der Waals surface area contributed by atoms with Gasteiger partial charge in [-0.2, -0.15) is 10.1 Å². The van der Waals surface area contributed by atoms with Gasteiger partial charge in [-0.1, -0.05) is 13.0 Å². The lowest BCUT2D eigenvalue weighted by Crippen LogP contribution is -2.09. The Balaban J connectivity index is 2.23. The zero-order valence-corrected chi connectivity index (χ0v) is 13.3. The van der Waals surface area contributed by atoms with Crippen molar-refractivity contribution in [3.8, 4) is 11.3 Å². The number of rotatable bonds is 3. The molecule has 120 valence electrons. The van der Waals surface area contributed by atoms with Gasteiger partial charge >= 0.3 is 0 Å². The fraction of sp³-hybridized carbons (Fsp3) is 0.214. The third-order valence-electron chi connectivity index (χ3n) is 3.49. The van der Waals surface area contributed by atoms with Crippen molar-refractivity contribution in [3.05, 3.63) is 30.2 Å². The Bertz CT molecular complexity index is 1010. The van der Waals surface area contributed by atoms with E-state index in [1.54, 1.807) is 13.1 Å². The normalized spacial score (nSPS) is 12.0. The van der Waals surface area contributed by atoms with Crippen LogP contribution >= 0.6 is 0 Å². The van der Waals surface area contributed by atoms with Crippen molar-refractivity contribution in [1.29, 1.82) is 0 Å². The van der Waals surface area contributed by atoms with E-state index >= 15 is 0 Å². The van der Waals surface area contributed by atoms with Gasteiger partial charge in [-0.05, 0) is 12.1 Å². The lowest BCUT2D eigenvalue weighted by molar-refractivity contribution is 0.588. The predicted octanol–water partition coefficient (Wildman–Crippen LogP) is 1.55. The molecule has 0 unspecified atom stereocenters. The molecule has 0 atom stereocenters. The van der Waals surface area contributed by atoms with E-state index in [0.717, 1.165) is 0 Å². The molecule has 0 amide bonds. The molecule has 0 saturated carbocycles. The number of nitrogens with two attached hydrogens (primary N) is 1. The minimum atomic E-state index is -3.51. The molecular formula is C14H14FN5O2S. The maximum atomic E-state index is 13.7. The molecule has 0 aliphatic rings. The van der Waals surface area contributed by atoms with Gasteiger partial charge in [-0.25, -0.2) is 22.5 Å². The van der Waals surface area contributed by atoms with Gasteiger partial charge in [0, 0.05) is 18.8 Å². The smallest absolute Gasteiger partial charge is 0.249 e.